The van der Waals surface area contributed by atoms with Gasteiger partial charge in [-0.3, -0.25) is 18.6 Å². The monoisotopic (exact) mass is 1020 g/mol. The first-order valence-electron chi connectivity index (χ1n) is 28.6. The summed E-state index contributed by atoms with van der Waals surface area (Å²) < 4.78 is 34.5. The summed E-state index contributed by atoms with van der Waals surface area (Å²) in [5, 5.41) is 0. The fourth-order valence-corrected chi connectivity index (χ4v) is 8.16. The highest BCUT2D eigenvalue weighted by atomic mass is 31.2. The molecule has 0 bridgehead atoms. The van der Waals surface area contributed by atoms with E-state index in [0.717, 1.165) is 103 Å². The summed E-state index contributed by atoms with van der Waals surface area (Å²) in [5.41, 5.74) is 0. The van der Waals surface area contributed by atoms with Gasteiger partial charge < -0.3 is 18.9 Å². The number of esters is 2. The fraction of sp³-hybridized carbons (Fsp3) is 0.677. The van der Waals surface area contributed by atoms with Crippen LogP contribution in [0.3, 0.4) is 0 Å². The highest BCUT2D eigenvalue weighted by molar-refractivity contribution is 7.47. The maximum absolute atomic E-state index is 12.8. The van der Waals surface area contributed by atoms with Crippen LogP contribution in [0.25, 0.3) is 0 Å². The quantitative estimate of drug-likeness (QED) is 0.0211. The van der Waals surface area contributed by atoms with E-state index < -0.39 is 26.5 Å². The van der Waals surface area contributed by atoms with Gasteiger partial charge in [-0.1, -0.05) is 232 Å². The number of hydrogen-bond donors (Lipinski definition) is 1. The lowest BCUT2D eigenvalue weighted by atomic mass is 10.0. The average Bonchev–Trinajstić information content (AvgIpc) is 3.34. The first-order chi connectivity index (χ1) is 35.0. The van der Waals surface area contributed by atoms with Crippen molar-refractivity contribution in [1.82, 2.24) is 0 Å². The minimum atomic E-state index is -4.39. The van der Waals surface area contributed by atoms with Gasteiger partial charge in [-0.05, 0) is 83.5 Å². The highest BCUT2D eigenvalue weighted by Gasteiger charge is 2.27. The first-order valence-corrected chi connectivity index (χ1v) is 30.1. The van der Waals surface area contributed by atoms with Gasteiger partial charge in [0.25, 0.3) is 0 Å². The number of quaternary nitrogens is 1. The third-order valence-corrected chi connectivity index (χ3v) is 12.8. The molecule has 0 aliphatic carbocycles. The van der Waals surface area contributed by atoms with Gasteiger partial charge in [-0.25, -0.2) is 4.57 Å². The van der Waals surface area contributed by atoms with E-state index in [-0.39, 0.29) is 32.0 Å². The lowest BCUT2D eigenvalue weighted by Crippen LogP contribution is -2.37. The smallest absolute Gasteiger partial charge is 0.462 e. The van der Waals surface area contributed by atoms with Crippen LogP contribution in [0.2, 0.25) is 0 Å². The minimum Gasteiger partial charge on any atom is -0.462 e. The molecule has 0 aliphatic heterocycles. The lowest BCUT2D eigenvalue weighted by molar-refractivity contribution is -0.870. The van der Waals surface area contributed by atoms with E-state index in [4.69, 9.17) is 18.5 Å². The zero-order chi connectivity index (χ0) is 52.7. The third kappa shape index (κ3) is 56.0. The standard InChI is InChI=1S/C62H106NO8P/c1-6-8-10-12-14-16-18-20-21-22-23-24-25-26-27-28-29-30-31-32-33-34-35-36-37-38-39-40-41-43-45-47-49-51-53-55-62(65)71-60(59-70-72(66,67)69-57-56-63(3,4)5)58-68-61(64)54-52-50-48-46-44-42-19-17-15-13-11-9-7-2/h8,10,14,16,20-21,23-24,26-27,29-30,32-33,35-36,38-39,60H,6-7,9,11-13,15,17-19,22,25,28,31,34,37,40-59H2,1-5H3/p+1/b10-8-,16-14-,21-20-,24-23-,27-26-,30-29-,33-32-,36-35-,39-38-. The second kappa shape index (κ2) is 52.5. The molecular formula is C62H107NO8P+. The van der Waals surface area contributed by atoms with Crippen LogP contribution in [0, 0.1) is 0 Å². The molecule has 2 atom stereocenters. The van der Waals surface area contributed by atoms with Gasteiger partial charge in [0.1, 0.15) is 19.8 Å². The molecule has 9 nitrogen and oxygen atoms in total. The molecule has 0 saturated heterocycles. The van der Waals surface area contributed by atoms with Crippen molar-refractivity contribution in [1.29, 1.82) is 0 Å². The molecule has 0 rings (SSSR count). The summed E-state index contributed by atoms with van der Waals surface area (Å²) in [6.07, 6.45) is 73.0. The van der Waals surface area contributed by atoms with Crippen LogP contribution >= 0.6 is 7.82 Å². The van der Waals surface area contributed by atoms with E-state index in [2.05, 4.69) is 123 Å². The first kappa shape index (κ1) is 68.7. The summed E-state index contributed by atoms with van der Waals surface area (Å²) in [6.45, 7) is 4.29. The molecule has 0 aromatic rings. The largest absolute Gasteiger partial charge is 0.472 e. The number of ether oxygens (including phenoxy) is 2. The fourth-order valence-electron chi connectivity index (χ4n) is 7.42. The van der Waals surface area contributed by atoms with Crippen molar-refractivity contribution in [3.63, 3.8) is 0 Å². The molecule has 10 heteroatoms. The van der Waals surface area contributed by atoms with Crippen LogP contribution in [0.1, 0.15) is 219 Å². The van der Waals surface area contributed by atoms with Crippen LogP contribution in [0.15, 0.2) is 109 Å². The second-order valence-electron chi connectivity index (χ2n) is 19.9. The molecule has 0 spiro atoms. The SMILES string of the molecule is CC/C=C\C/C=C\C/C=C\C/C=C\C/C=C\C/C=C\C/C=C\C/C=C\C/C=C\CCCCCCCCCC(=O)OC(COC(=O)CCCCCCCCCCCCCCC)COP(=O)(O)OCC[N+](C)(C)C. The number of phosphoric ester groups is 1. The predicted molar refractivity (Wildman–Crippen MR) is 307 cm³/mol. The Labute approximate surface area is 442 Å². The molecular weight excluding hydrogens is 918 g/mol. The van der Waals surface area contributed by atoms with Crippen molar-refractivity contribution in [2.45, 2.75) is 225 Å². The maximum Gasteiger partial charge on any atom is 0.472 e. The van der Waals surface area contributed by atoms with Crippen LogP contribution in [-0.4, -0.2) is 74.9 Å². The number of nitrogens with zero attached hydrogens (tertiary/aromatic N) is 1. The molecule has 0 amide bonds. The Kier molecular flexibility index (Phi) is 50.1. The van der Waals surface area contributed by atoms with Crippen molar-refractivity contribution >= 4 is 19.8 Å². The van der Waals surface area contributed by atoms with E-state index in [0.29, 0.717) is 17.4 Å². The molecule has 2 unspecified atom stereocenters. The van der Waals surface area contributed by atoms with Crippen LogP contribution in [0.5, 0.6) is 0 Å². The Bertz CT molecular complexity index is 1580. The molecule has 0 aromatic heterocycles. The molecule has 72 heavy (non-hydrogen) atoms. The topological polar surface area (TPSA) is 108 Å². The number of rotatable bonds is 51. The van der Waals surface area contributed by atoms with Crippen molar-refractivity contribution in [2.75, 3.05) is 47.5 Å². The Morgan fingerprint density at radius 1 is 0.444 bits per heavy atom. The van der Waals surface area contributed by atoms with Gasteiger partial charge in [-0.2, -0.15) is 0 Å². The Morgan fingerprint density at radius 2 is 0.792 bits per heavy atom. The molecule has 0 aromatic carbocycles. The van der Waals surface area contributed by atoms with Crippen LogP contribution in [-0.2, 0) is 32.7 Å². The minimum absolute atomic E-state index is 0.0253. The highest BCUT2D eigenvalue weighted by Crippen LogP contribution is 2.43. The number of carbonyl (C=O) groups excluding carboxylic acids is 2. The van der Waals surface area contributed by atoms with Crippen molar-refractivity contribution in [2.24, 2.45) is 0 Å². The predicted octanol–water partition coefficient (Wildman–Crippen LogP) is 17.8. The Balaban J connectivity index is 4.17. The lowest BCUT2D eigenvalue weighted by Gasteiger charge is -2.24. The summed E-state index contributed by atoms with van der Waals surface area (Å²) >= 11 is 0. The van der Waals surface area contributed by atoms with E-state index in [1.165, 1.54) is 83.5 Å². The Morgan fingerprint density at radius 3 is 1.18 bits per heavy atom. The third-order valence-electron chi connectivity index (χ3n) is 11.8. The van der Waals surface area contributed by atoms with Crippen molar-refractivity contribution in [3.8, 4) is 0 Å². The number of allylic oxidation sites excluding steroid dienone is 18. The molecule has 0 fully saturated rings. The number of phosphoric acid groups is 1. The zero-order valence-electron chi connectivity index (χ0n) is 46.6. The summed E-state index contributed by atoms with van der Waals surface area (Å²) in [5.74, 6) is -0.813. The number of carbonyl (C=O) groups is 2. The van der Waals surface area contributed by atoms with Crippen molar-refractivity contribution in [3.05, 3.63) is 109 Å². The van der Waals surface area contributed by atoms with Gasteiger partial charge in [-0.15, -0.1) is 0 Å². The van der Waals surface area contributed by atoms with Gasteiger partial charge in [0.05, 0.1) is 27.7 Å². The maximum atomic E-state index is 12.8. The van der Waals surface area contributed by atoms with Crippen molar-refractivity contribution < 1.29 is 42.1 Å². The summed E-state index contributed by atoms with van der Waals surface area (Å²) in [6, 6.07) is 0. The van der Waals surface area contributed by atoms with Gasteiger partial charge in [0.15, 0.2) is 6.10 Å². The van der Waals surface area contributed by atoms with E-state index in [9.17, 15) is 19.0 Å². The van der Waals surface area contributed by atoms with Crippen LogP contribution < -0.4 is 0 Å². The molecule has 0 heterocycles. The Hall–Kier alpha value is -3.33. The molecule has 0 radical (unpaired) electrons. The molecule has 0 saturated carbocycles. The molecule has 0 aliphatic rings. The zero-order valence-corrected chi connectivity index (χ0v) is 47.5. The van der Waals surface area contributed by atoms with Gasteiger partial charge >= 0.3 is 19.8 Å². The molecule has 412 valence electrons. The van der Waals surface area contributed by atoms with E-state index in [1.54, 1.807) is 0 Å². The number of hydrogen-bond acceptors (Lipinski definition) is 7. The summed E-state index contributed by atoms with van der Waals surface area (Å²) in [7, 11) is 1.46. The number of likely N-dealkylation sites (N-methyl/N-ethyl adjacent to an activating group) is 1. The van der Waals surface area contributed by atoms with Crippen LogP contribution in [0.4, 0.5) is 0 Å². The van der Waals surface area contributed by atoms with Gasteiger partial charge in [0.2, 0.25) is 0 Å². The second-order valence-corrected chi connectivity index (χ2v) is 21.4. The number of unbranched alkanes of at least 4 members (excludes halogenated alkanes) is 19. The van der Waals surface area contributed by atoms with E-state index >= 15 is 0 Å². The molecule has 1 N–H and O–H groups in total. The summed E-state index contributed by atoms with van der Waals surface area (Å²) in [4.78, 5) is 35.6. The average molecular weight is 1030 g/mol. The van der Waals surface area contributed by atoms with E-state index in [1.807, 2.05) is 21.1 Å². The normalized spacial score (nSPS) is 14.1. The van der Waals surface area contributed by atoms with Gasteiger partial charge in [0, 0.05) is 12.8 Å².